The van der Waals surface area contributed by atoms with Crippen LogP contribution in [0, 0.1) is 15.9 Å². The van der Waals surface area contributed by atoms with Crippen LogP contribution in [-0.4, -0.2) is 20.4 Å². The number of halogens is 1. The molecule has 1 heterocycles. The number of benzene rings is 1. The number of carbonyl (C=O) groups excluding carboxylic acids is 1. The molecule has 0 aliphatic carbocycles. The monoisotopic (exact) mass is 320 g/mol. The van der Waals surface area contributed by atoms with E-state index in [4.69, 9.17) is 0 Å². The number of hydrogen-bond donors (Lipinski definition) is 1. The van der Waals surface area contributed by atoms with Crippen molar-refractivity contribution in [2.75, 3.05) is 5.32 Å². The fraction of sp³-hybridized carbons (Fsp3) is 0.214. The van der Waals surface area contributed by atoms with E-state index in [1.807, 2.05) is 6.92 Å². The maximum Gasteiger partial charge on any atom is 0.306 e. The number of nitro benzene ring substituents is 1. The molecule has 2 aromatic rings. The van der Waals surface area contributed by atoms with Gasteiger partial charge in [-0.05, 0) is 18.6 Å². The van der Waals surface area contributed by atoms with E-state index in [2.05, 4.69) is 10.3 Å². The first kappa shape index (κ1) is 16.3. The average Bonchev–Trinajstić information content (AvgIpc) is 2.51. The first-order chi connectivity index (χ1) is 10.9. The van der Waals surface area contributed by atoms with Crippen molar-refractivity contribution in [2.45, 2.75) is 19.9 Å². The molecule has 1 N–H and O–H groups in total. The number of rotatable bonds is 5. The zero-order valence-corrected chi connectivity index (χ0v) is 12.2. The normalized spacial score (nSPS) is 10.3. The minimum absolute atomic E-state index is 0.0642. The number of aromatic nitrogens is 2. The van der Waals surface area contributed by atoms with Gasteiger partial charge in [-0.3, -0.25) is 24.3 Å². The highest BCUT2D eigenvalue weighted by Crippen LogP contribution is 2.21. The van der Waals surface area contributed by atoms with Gasteiger partial charge in [-0.2, -0.15) is 4.39 Å². The fourth-order valence-corrected chi connectivity index (χ4v) is 1.86. The summed E-state index contributed by atoms with van der Waals surface area (Å²) in [6.45, 7) is 1.54. The van der Waals surface area contributed by atoms with E-state index in [-0.39, 0.29) is 17.8 Å². The highest BCUT2D eigenvalue weighted by atomic mass is 19.1. The van der Waals surface area contributed by atoms with Gasteiger partial charge in [0, 0.05) is 23.5 Å². The summed E-state index contributed by atoms with van der Waals surface area (Å²) in [5.41, 5.74) is -0.443. The topological polar surface area (TPSA) is 107 Å². The second kappa shape index (κ2) is 6.77. The number of aryl methyl sites for hydroxylation is 1. The molecule has 1 aromatic heterocycles. The van der Waals surface area contributed by atoms with Crippen LogP contribution in [0.2, 0.25) is 0 Å². The number of carbonyl (C=O) groups is 1. The van der Waals surface area contributed by atoms with Gasteiger partial charge in [0.1, 0.15) is 6.54 Å². The highest BCUT2D eigenvalue weighted by molar-refractivity contribution is 5.90. The molecule has 2 rings (SSSR count). The zero-order chi connectivity index (χ0) is 17.0. The van der Waals surface area contributed by atoms with Gasteiger partial charge in [-0.1, -0.05) is 6.92 Å². The minimum Gasteiger partial charge on any atom is -0.324 e. The van der Waals surface area contributed by atoms with Crippen molar-refractivity contribution in [1.29, 1.82) is 0 Å². The highest BCUT2D eigenvalue weighted by Gasteiger charge is 2.15. The molecule has 0 atom stereocenters. The lowest BCUT2D eigenvalue weighted by atomic mass is 10.2. The van der Waals surface area contributed by atoms with Gasteiger partial charge in [0.05, 0.1) is 11.3 Å². The molecule has 1 aromatic carbocycles. The lowest BCUT2D eigenvalue weighted by Crippen LogP contribution is -2.27. The van der Waals surface area contributed by atoms with Crippen molar-refractivity contribution >= 4 is 17.3 Å². The summed E-state index contributed by atoms with van der Waals surface area (Å²) < 4.78 is 14.3. The molecule has 0 spiro atoms. The molecular weight excluding hydrogens is 307 g/mol. The van der Waals surface area contributed by atoms with Gasteiger partial charge < -0.3 is 5.32 Å². The van der Waals surface area contributed by atoms with Crippen molar-refractivity contribution in [3.05, 3.63) is 62.6 Å². The maximum atomic E-state index is 13.2. The SMILES string of the molecule is CCc1cc(=O)n(CC(=O)Nc2ccc(F)c([N+](=O)[O-])c2)cn1. The largest absolute Gasteiger partial charge is 0.324 e. The Balaban J connectivity index is 2.12. The second-order valence-corrected chi connectivity index (χ2v) is 4.67. The Bertz CT molecular complexity index is 819. The summed E-state index contributed by atoms with van der Waals surface area (Å²) in [5.74, 6) is -1.58. The first-order valence-corrected chi connectivity index (χ1v) is 6.70. The summed E-state index contributed by atoms with van der Waals surface area (Å²) in [6.07, 6.45) is 1.86. The van der Waals surface area contributed by atoms with Gasteiger partial charge in [0.2, 0.25) is 11.7 Å². The molecule has 0 radical (unpaired) electrons. The van der Waals surface area contributed by atoms with Crippen molar-refractivity contribution in [3.63, 3.8) is 0 Å². The van der Waals surface area contributed by atoms with Crippen LogP contribution >= 0.6 is 0 Å². The van der Waals surface area contributed by atoms with Crippen LogP contribution in [0.4, 0.5) is 15.8 Å². The number of anilines is 1. The second-order valence-electron chi connectivity index (χ2n) is 4.67. The molecule has 0 aliphatic rings. The van der Waals surface area contributed by atoms with Crippen LogP contribution in [0.1, 0.15) is 12.6 Å². The third-order valence-electron chi connectivity index (χ3n) is 3.04. The molecule has 0 saturated carbocycles. The minimum atomic E-state index is -0.997. The van der Waals surface area contributed by atoms with E-state index >= 15 is 0 Å². The van der Waals surface area contributed by atoms with Crippen molar-refractivity contribution in [1.82, 2.24) is 9.55 Å². The lowest BCUT2D eigenvalue weighted by Gasteiger charge is -2.07. The van der Waals surface area contributed by atoms with Crippen LogP contribution in [0.25, 0.3) is 0 Å². The Hall–Kier alpha value is -3.10. The summed E-state index contributed by atoms with van der Waals surface area (Å²) in [6, 6.07) is 4.32. The number of nitrogens with zero attached hydrogens (tertiary/aromatic N) is 3. The van der Waals surface area contributed by atoms with Crippen LogP contribution < -0.4 is 10.9 Å². The smallest absolute Gasteiger partial charge is 0.306 e. The number of amides is 1. The Kier molecular flexibility index (Phi) is 4.79. The molecule has 9 heteroatoms. The molecule has 0 fully saturated rings. The third-order valence-corrected chi connectivity index (χ3v) is 3.04. The van der Waals surface area contributed by atoms with Crippen molar-refractivity contribution in [2.24, 2.45) is 0 Å². The van der Waals surface area contributed by atoms with Crippen LogP contribution in [-0.2, 0) is 17.8 Å². The van der Waals surface area contributed by atoms with E-state index < -0.39 is 22.3 Å². The van der Waals surface area contributed by atoms with Crippen LogP contribution in [0.15, 0.2) is 35.4 Å². The van der Waals surface area contributed by atoms with Crippen molar-refractivity contribution < 1.29 is 14.1 Å². The molecule has 0 bridgehead atoms. The van der Waals surface area contributed by atoms with Crippen molar-refractivity contribution in [3.8, 4) is 0 Å². The van der Waals surface area contributed by atoms with Gasteiger partial charge >= 0.3 is 5.69 Å². The molecule has 8 nitrogen and oxygen atoms in total. The van der Waals surface area contributed by atoms with E-state index in [1.54, 1.807) is 0 Å². The third kappa shape index (κ3) is 3.96. The Morgan fingerprint density at radius 1 is 1.43 bits per heavy atom. The molecule has 1 amide bonds. The fourth-order valence-electron chi connectivity index (χ4n) is 1.86. The zero-order valence-electron chi connectivity index (χ0n) is 12.2. The number of hydrogen-bond acceptors (Lipinski definition) is 5. The standard InChI is InChI=1S/C14H13FN4O4/c1-2-9-6-14(21)18(8-16-9)7-13(20)17-10-3-4-11(15)12(5-10)19(22)23/h3-6,8H,2,7H2,1H3,(H,17,20). The predicted molar refractivity (Wildman–Crippen MR) is 79.6 cm³/mol. The molecular formula is C14H13FN4O4. The predicted octanol–water partition coefficient (Wildman–Crippen LogP) is 1.49. The van der Waals surface area contributed by atoms with Crippen LogP contribution in [0.5, 0.6) is 0 Å². The Morgan fingerprint density at radius 2 is 2.17 bits per heavy atom. The number of nitro groups is 1. The molecule has 0 unspecified atom stereocenters. The molecule has 23 heavy (non-hydrogen) atoms. The van der Waals surface area contributed by atoms with E-state index in [0.29, 0.717) is 12.1 Å². The quantitative estimate of drug-likeness (QED) is 0.663. The summed E-state index contributed by atoms with van der Waals surface area (Å²) in [5, 5.41) is 13.0. The van der Waals surface area contributed by atoms with Gasteiger partial charge in [0.25, 0.3) is 5.56 Å². The van der Waals surface area contributed by atoms with Gasteiger partial charge in [-0.25, -0.2) is 4.98 Å². The molecule has 0 aliphatic heterocycles. The summed E-state index contributed by atoms with van der Waals surface area (Å²) in [4.78, 5) is 37.5. The molecule has 120 valence electrons. The Morgan fingerprint density at radius 3 is 2.78 bits per heavy atom. The maximum absolute atomic E-state index is 13.2. The van der Waals surface area contributed by atoms with E-state index in [9.17, 15) is 24.1 Å². The Labute approximate surface area is 129 Å². The first-order valence-electron chi connectivity index (χ1n) is 6.70. The summed E-state index contributed by atoms with van der Waals surface area (Å²) >= 11 is 0. The lowest BCUT2D eigenvalue weighted by molar-refractivity contribution is -0.387. The average molecular weight is 320 g/mol. The molecule has 0 saturated heterocycles. The van der Waals surface area contributed by atoms with E-state index in [1.165, 1.54) is 18.5 Å². The van der Waals surface area contributed by atoms with Gasteiger partial charge in [0.15, 0.2) is 0 Å². The van der Waals surface area contributed by atoms with Crippen LogP contribution in [0.3, 0.4) is 0 Å². The number of nitrogens with one attached hydrogen (secondary N) is 1. The van der Waals surface area contributed by atoms with Gasteiger partial charge in [-0.15, -0.1) is 0 Å². The summed E-state index contributed by atoms with van der Waals surface area (Å²) in [7, 11) is 0. The van der Waals surface area contributed by atoms with E-state index in [0.717, 1.165) is 16.7 Å².